The maximum absolute atomic E-state index is 11.6. The molecule has 17 heavy (non-hydrogen) atoms. The number of carbonyl (C=O) groups excluding carboxylic acids is 2. The van der Waals surface area contributed by atoms with E-state index in [1.165, 1.54) is 6.20 Å². The molecule has 5 nitrogen and oxygen atoms in total. The van der Waals surface area contributed by atoms with Gasteiger partial charge in [0.05, 0.1) is 6.20 Å². The molecule has 0 saturated carbocycles. The van der Waals surface area contributed by atoms with E-state index in [2.05, 4.69) is 14.9 Å². The minimum atomic E-state index is -0.740. The van der Waals surface area contributed by atoms with Gasteiger partial charge in [-0.2, -0.15) is 5.10 Å². The van der Waals surface area contributed by atoms with Gasteiger partial charge in [0, 0.05) is 5.56 Å². The molecule has 0 fully saturated rings. The number of nitrogens with zero attached hydrogens (tertiary/aromatic N) is 2. The predicted octanol–water partition coefficient (Wildman–Crippen LogP) is 1.45. The molecular formula is C12H6N2O3. The SMILES string of the molecule is O=C1OC(=O)c2c(-c3ccccc3)cnnc21. The van der Waals surface area contributed by atoms with Gasteiger partial charge >= 0.3 is 11.9 Å². The number of aromatic nitrogens is 2. The summed E-state index contributed by atoms with van der Waals surface area (Å²) in [6.45, 7) is 0. The second kappa shape index (κ2) is 3.48. The molecule has 82 valence electrons. The van der Waals surface area contributed by atoms with Crippen molar-refractivity contribution < 1.29 is 14.3 Å². The first-order valence-electron chi connectivity index (χ1n) is 4.95. The summed E-state index contributed by atoms with van der Waals surface area (Å²) in [6.07, 6.45) is 1.45. The Morgan fingerprint density at radius 3 is 2.53 bits per heavy atom. The lowest BCUT2D eigenvalue weighted by Crippen LogP contribution is -2.00. The highest BCUT2D eigenvalue weighted by Gasteiger charge is 2.34. The summed E-state index contributed by atoms with van der Waals surface area (Å²) in [5.41, 5.74) is 1.53. The molecule has 1 aromatic carbocycles. The van der Waals surface area contributed by atoms with Crippen LogP contribution in [0.25, 0.3) is 11.1 Å². The Bertz CT molecular complexity index is 623. The van der Waals surface area contributed by atoms with Gasteiger partial charge in [-0.05, 0) is 5.56 Å². The maximum Gasteiger partial charge on any atom is 0.367 e. The van der Waals surface area contributed by atoms with Crippen LogP contribution in [0.1, 0.15) is 20.8 Å². The number of hydrogen-bond donors (Lipinski definition) is 0. The van der Waals surface area contributed by atoms with Crippen LogP contribution in [0.5, 0.6) is 0 Å². The van der Waals surface area contributed by atoms with Crippen molar-refractivity contribution in [2.45, 2.75) is 0 Å². The number of rotatable bonds is 1. The van der Waals surface area contributed by atoms with Gasteiger partial charge in [0.2, 0.25) is 0 Å². The lowest BCUT2D eigenvalue weighted by molar-refractivity contribution is 0.0441. The molecule has 0 saturated heterocycles. The van der Waals surface area contributed by atoms with Crippen molar-refractivity contribution in [1.29, 1.82) is 0 Å². The second-order valence-electron chi connectivity index (χ2n) is 3.52. The molecule has 0 atom stereocenters. The quantitative estimate of drug-likeness (QED) is 0.543. The first-order chi connectivity index (χ1) is 8.27. The Morgan fingerprint density at radius 2 is 1.76 bits per heavy atom. The second-order valence-corrected chi connectivity index (χ2v) is 3.52. The number of benzene rings is 1. The minimum absolute atomic E-state index is 0.0173. The average Bonchev–Trinajstić information content (AvgIpc) is 2.66. The lowest BCUT2D eigenvalue weighted by atomic mass is 10.0. The van der Waals surface area contributed by atoms with Gasteiger partial charge in [0.1, 0.15) is 5.56 Å². The summed E-state index contributed by atoms with van der Waals surface area (Å²) in [5, 5.41) is 7.35. The number of cyclic esters (lactones) is 2. The van der Waals surface area contributed by atoms with Gasteiger partial charge in [-0.25, -0.2) is 9.59 Å². The predicted molar refractivity (Wildman–Crippen MR) is 57.2 cm³/mol. The topological polar surface area (TPSA) is 69.2 Å². The van der Waals surface area contributed by atoms with E-state index in [1.54, 1.807) is 0 Å². The van der Waals surface area contributed by atoms with E-state index in [0.717, 1.165) is 5.56 Å². The normalized spacial score (nSPS) is 13.4. The van der Waals surface area contributed by atoms with Gasteiger partial charge in [-0.1, -0.05) is 30.3 Å². The summed E-state index contributed by atoms with van der Waals surface area (Å²) >= 11 is 0. The first kappa shape index (κ1) is 9.65. The zero-order valence-electron chi connectivity index (χ0n) is 8.58. The molecule has 0 N–H and O–H groups in total. The number of esters is 2. The molecule has 0 amide bonds. The molecule has 1 aliphatic rings. The van der Waals surface area contributed by atoms with E-state index in [9.17, 15) is 9.59 Å². The fourth-order valence-corrected chi connectivity index (χ4v) is 1.76. The molecule has 0 bridgehead atoms. The molecule has 3 rings (SSSR count). The van der Waals surface area contributed by atoms with Crippen LogP contribution in [0.4, 0.5) is 0 Å². The Hall–Kier alpha value is -2.56. The van der Waals surface area contributed by atoms with E-state index >= 15 is 0 Å². The van der Waals surface area contributed by atoms with Crippen molar-refractivity contribution in [3.63, 3.8) is 0 Å². The third kappa shape index (κ3) is 1.40. The van der Waals surface area contributed by atoms with Crippen LogP contribution in [-0.2, 0) is 4.74 Å². The van der Waals surface area contributed by atoms with E-state index < -0.39 is 11.9 Å². The van der Waals surface area contributed by atoms with E-state index in [0.29, 0.717) is 5.56 Å². The van der Waals surface area contributed by atoms with E-state index in [-0.39, 0.29) is 11.3 Å². The Kier molecular flexibility index (Phi) is 1.98. The molecular weight excluding hydrogens is 220 g/mol. The highest BCUT2D eigenvalue weighted by Crippen LogP contribution is 2.28. The Balaban J connectivity index is 2.27. The summed E-state index contributed by atoms with van der Waals surface area (Å²) in [7, 11) is 0. The average molecular weight is 226 g/mol. The van der Waals surface area contributed by atoms with Crippen LogP contribution in [0.2, 0.25) is 0 Å². The van der Waals surface area contributed by atoms with Crippen LogP contribution in [-0.4, -0.2) is 22.1 Å². The van der Waals surface area contributed by atoms with Crippen molar-refractivity contribution in [3.8, 4) is 11.1 Å². The number of hydrogen-bond acceptors (Lipinski definition) is 5. The van der Waals surface area contributed by atoms with E-state index in [1.807, 2.05) is 30.3 Å². The van der Waals surface area contributed by atoms with Gasteiger partial charge in [0.25, 0.3) is 0 Å². The molecule has 1 aliphatic heterocycles. The molecule has 0 aliphatic carbocycles. The fraction of sp³-hybridized carbons (Fsp3) is 0. The number of ether oxygens (including phenoxy) is 1. The first-order valence-corrected chi connectivity index (χ1v) is 4.95. The standard InChI is InChI=1S/C12H6N2O3/c15-11-9-8(7-4-2-1-3-5-7)6-13-14-10(9)12(16)17-11/h1-6H. The van der Waals surface area contributed by atoms with Crippen molar-refractivity contribution in [3.05, 3.63) is 47.8 Å². The molecule has 5 heteroatoms. The zero-order chi connectivity index (χ0) is 11.8. The van der Waals surface area contributed by atoms with Crippen molar-refractivity contribution in [2.75, 3.05) is 0 Å². The van der Waals surface area contributed by atoms with Crippen LogP contribution in [0, 0.1) is 0 Å². The molecule has 0 radical (unpaired) electrons. The Morgan fingerprint density at radius 1 is 1.00 bits per heavy atom. The number of carbonyl (C=O) groups is 2. The molecule has 2 heterocycles. The third-order valence-corrected chi connectivity index (χ3v) is 2.52. The summed E-state index contributed by atoms with van der Waals surface area (Å²) in [6, 6.07) is 9.19. The highest BCUT2D eigenvalue weighted by atomic mass is 16.6. The van der Waals surface area contributed by atoms with Gasteiger partial charge in [0.15, 0.2) is 5.69 Å². The van der Waals surface area contributed by atoms with Crippen LogP contribution in [0.3, 0.4) is 0 Å². The largest absolute Gasteiger partial charge is 0.384 e. The fourth-order valence-electron chi connectivity index (χ4n) is 1.76. The smallest absolute Gasteiger partial charge is 0.367 e. The van der Waals surface area contributed by atoms with Crippen molar-refractivity contribution in [2.24, 2.45) is 0 Å². The van der Waals surface area contributed by atoms with Crippen molar-refractivity contribution in [1.82, 2.24) is 10.2 Å². The minimum Gasteiger partial charge on any atom is -0.384 e. The molecule has 0 spiro atoms. The summed E-state index contributed by atoms with van der Waals surface area (Å²) < 4.78 is 4.51. The van der Waals surface area contributed by atoms with Crippen LogP contribution < -0.4 is 0 Å². The number of fused-ring (bicyclic) bond motifs is 1. The molecule has 0 unspecified atom stereocenters. The molecule has 2 aromatic rings. The maximum atomic E-state index is 11.6. The lowest BCUT2D eigenvalue weighted by Gasteiger charge is -2.02. The Labute approximate surface area is 96.1 Å². The highest BCUT2D eigenvalue weighted by molar-refractivity contribution is 6.16. The summed E-state index contributed by atoms with van der Waals surface area (Å²) in [5.74, 6) is -1.41. The van der Waals surface area contributed by atoms with Crippen LogP contribution in [0.15, 0.2) is 36.5 Å². The van der Waals surface area contributed by atoms with E-state index in [4.69, 9.17) is 0 Å². The van der Waals surface area contributed by atoms with Gasteiger partial charge in [-0.3, -0.25) is 0 Å². The van der Waals surface area contributed by atoms with Crippen molar-refractivity contribution >= 4 is 11.9 Å². The van der Waals surface area contributed by atoms with Gasteiger partial charge < -0.3 is 4.74 Å². The zero-order valence-corrected chi connectivity index (χ0v) is 8.58. The van der Waals surface area contributed by atoms with Gasteiger partial charge in [-0.15, -0.1) is 5.10 Å². The monoisotopic (exact) mass is 226 g/mol. The summed E-state index contributed by atoms with van der Waals surface area (Å²) in [4.78, 5) is 22.9. The van der Waals surface area contributed by atoms with Crippen LogP contribution >= 0.6 is 0 Å². The third-order valence-electron chi connectivity index (χ3n) is 2.52. The molecule has 1 aromatic heterocycles.